The second kappa shape index (κ2) is 13.4. The first-order chi connectivity index (χ1) is 16.9. The Morgan fingerprint density at radius 3 is 2.31 bits per heavy atom. The van der Waals surface area contributed by atoms with Crippen molar-refractivity contribution in [3.63, 3.8) is 0 Å². The van der Waals surface area contributed by atoms with Crippen molar-refractivity contribution >= 4 is 29.4 Å². The Kier molecular flexibility index (Phi) is 9.96. The van der Waals surface area contributed by atoms with Gasteiger partial charge in [0.15, 0.2) is 0 Å². The Hall–Kier alpha value is -3.54. The van der Waals surface area contributed by atoms with E-state index in [0.717, 1.165) is 49.1 Å². The van der Waals surface area contributed by atoms with Crippen LogP contribution in [0.5, 0.6) is 0 Å². The maximum absolute atomic E-state index is 12.5. The van der Waals surface area contributed by atoms with E-state index in [0.29, 0.717) is 16.9 Å². The molecule has 0 bridgehead atoms. The maximum Gasteiger partial charge on any atom is 0.338 e. The number of benzene rings is 2. The van der Waals surface area contributed by atoms with Crippen molar-refractivity contribution in [1.82, 2.24) is 0 Å². The molecule has 0 saturated heterocycles. The third-order valence-electron chi connectivity index (χ3n) is 6.31. The van der Waals surface area contributed by atoms with Gasteiger partial charge in [0, 0.05) is 17.5 Å². The molecule has 6 nitrogen and oxygen atoms in total. The largest absolute Gasteiger partial charge is 0.459 e. The number of nitrogen functional groups attached to an aromatic ring is 2. The molecule has 0 aromatic heterocycles. The first-order valence-electron chi connectivity index (χ1n) is 12.3. The Morgan fingerprint density at radius 2 is 1.66 bits per heavy atom. The summed E-state index contributed by atoms with van der Waals surface area (Å²) >= 11 is 0. The molecule has 0 radical (unpaired) electrons. The van der Waals surface area contributed by atoms with Gasteiger partial charge in [-0.05, 0) is 92.0 Å². The highest BCUT2D eigenvalue weighted by Crippen LogP contribution is 2.30. The number of nitrogens with two attached hydrogens (primary N) is 2. The van der Waals surface area contributed by atoms with Gasteiger partial charge in [-0.2, -0.15) is 0 Å². The summed E-state index contributed by atoms with van der Waals surface area (Å²) in [4.78, 5) is 24.6. The zero-order chi connectivity index (χ0) is 25.0. The zero-order valence-corrected chi connectivity index (χ0v) is 20.3. The lowest BCUT2D eigenvalue weighted by Crippen LogP contribution is -2.24. The van der Waals surface area contributed by atoms with Crippen molar-refractivity contribution in [1.29, 1.82) is 0 Å². The number of hydrogen-bond donors (Lipinski definition) is 2. The second-order valence-corrected chi connectivity index (χ2v) is 9.19. The van der Waals surface area contributed by atoms with Crippen LogP contribution in [0.1, 0.15) is 72.9 Å². The third kappa shape index (κ3) is 8.96. The number of ether oxygens (including phenoxy) is 2. The standard InChI is InChI=1S/C29H36N2O4/c1-2-3-4-5-6-21-9-14-27(15-10-21)35-29(33)24-12-7-22(8-13-24)11-16-28(32)34-20-23-17-25(30)19-26(31)18-23/h2,7-8,11-13,16-19,21,27H,1,3-6,9-10,14-15,20,30-31H2. The number of unbranched alkanes of at least 4 members (excludes halogenated alkanes) is 2. The van der Waals surface area contributed by atoms with Gasteiger partial charge in [0.1, 0.15) is 12.7 Å². The van der Waals surface area contributed by atoms with Crippen molar-refractivity contribution in [2.24, 2.45) is 5.92 Å². The quantitative estimate of drug-likeness (QED) is 0.134. The fourth-order valence-electron chi connectivity index (χ4n) is 4.41. The molecule has 35 heavy (non-hydrogen) atoms. The van der Waals surface area contributed by atoms with Crippen LogP contribution < -0.4 is 11.5 Å². The summed E-state index contributed by atoms with van der Waals surface area (Å²) in [5.74, 6) is -0.0296. The molecule has 1 saturated carbocycles. The minimum atomic E-state index is -0.481. The lowest BCUT2D eigenvalue weighted by atomic mass is 9.84. The average Bonchev–Trinajstić information content (AvgIpc) is 2.85. The Morgan fingerprint density at radius 1 is 0.971 bits per heavy atom. The summed E-state index contributed by atoms with van der Waals surface area (Å²) < 4.78 is 11.0. The van der Waals surface area contributed by atoms with Gasteiger partial charge in [0.05, 0.1) is 5.56 Å². The smallest absolute Gasteiger partial charge is 0.338 e. The number of hydrogen-bond acceptors (Lipinski definition) is 6. The van der Waals surface area contributed by atoms with Gasteiger partial charge in [-0.15, -0.1) is 6.58 Å². The highest BCUT2D eigenvalue weighted by atomic mass is 16.5. The predicted octanol–water partition coefficient (Wildman–Crippen LogP) is 6.07. The predicted molar refractivity (Wildman–Crippen MR) is 140 cm³/mol. The molecule has 0 unspecified atom stereocenters. The summed E-state index contributed by atoms with van der Waals surface area (Å²) in [5, 5.41) is 0. The maximum atomic E-state index is 12.5. The molecule has 4 N–H and O–H groups in total. The average molecular weight is 477 g/mol. The monoisotopic (exact) mass is 476 g/mol. The fourth-order valence-corrected chi connectivity index (χ4v) is 4.41. The normalized spacial score (nSPS) is 17.7. The molecular formula is C29H36N2O4. The minimum Gasteiger partial charge on any atom is -0.459 e. The summed E-state index contributed by atoms with van der Waals surface area (Å²) in [7, 11) is 0. The van der Waals surface area contributed by atoms with Crippen molar-refractivity contribution < 1.29 is 19.1 Å². The van der Waals surface area contributed by atoms with E-state index in [-0.39, 0.29) is 18.7 Å². The van der Waals surface area contributed by atoms with E-state index in [9.17, 15) is 9.59 Å². The summed E-state index contributed by atoms with van der Waals surface area (Å²) in [6.07, 6.45) is 13.9. The summed E-state index contributed by atoms with van der Waals surface area (Å²) in [5.41, 5.74) is 14.6. The minimum absolute atomic E-state index is 0.00316. The molecule has 1 fully saturated rings. The molecule has 6 heteroatoms. The third-order valence-corrected chi connectivity index (χ3v) is 6.31. The van der Waals surface area contributed by atoms with Gasteiger partial charge in [-0.25, -0.2) is 9.59 Å². The van der Waals surface area contributed by atoms with E-state index in [1.54, 1.807) is 48.5 Å². The van der Waals surface area contributed by atoms with Crippen LogP contribution in [0.2, 0.25) is 0 Å². The first kappa shape index (κ1) is 26.1. The van der Waals surface area contributed by atoms with Crippen LogP contribution in [0.4, 0.5) is 11.4 Å². The van der Waals surface area contributed by atoms with E-state index < -0.39 is 5.97 Å². The van der Waals surface area contributed by atoms with Gasteiger partial charge in [-0.1, -0.05) is 31.1 Å². The molecule has 1 aliphatic carbocycles. The molecule has 0 heterocycles. The number of esters is 2. The van der Waals surface area contributed by atoms with E-state index in [4.69, 9.17) is 20.9 Å². The Balaban J connectivity index is 1.40. The van der Waals surface area contributed by atoms with Crippen LogP contribution in [0.3, 0.4) is 0 Å². The number of carbonyl (C=O) groups excluding carboxylic acids is 2. The molecule has 0 atom stereocenters. The Labute approximate surface area is 208 Å². The van der Waals surface area contributed by atoms with E-state index in [2.05, 4.69) is 6.58 Å². The molecule has 186 valence electrons. The molecular weight excluding hydrogens is 440 g/mol. The van der Waals surface area contributed by atoms with Gasteiger partial charge >= 0.3 is 11.9 Å². The van der Waals surface area contributed by atoms with Crippen molar-refractivity contribution in [3.8, 4) is 0 Å². The number of anilines is 2. The Bertz CT molecular complexity index is 1000. The van der Waals surface area contributed by atoms with Crippen molar-refractivity contribution in [2.75, 3.05) is 11.5 Å². The van der Waals surface area contributed by atoms with E-state index in [1.165, 1.54) is 25.3 Å². The van der Waals surface area contributed by atoms with Gasteiger partial charge in [0.2, 0.25) is 0 Å². The summed E-state index contributed by atoms with van der Waals surface area (Å²) in [6.45, 7) is 3.86. The fraction of sp³-hybridized carbons (Fsp3) is 0.379. The lowest BCUT2D eigenvalue weighted by Gasteiger charge is -2.28. The van der Waals surface area contributed by atoms with E-state index >= 15 is 0 Å². The summed E-state index contributed by atoms with van der Waals surface area (Å²) in [6, 6.07) is 12.1. The SMILES string of the molecule is C=CCCCCC1CCC(OC(=O)c2ccc(C=CC(=O)OCc3cc(N)cc(N)c3)cc2)CC1. The number of allylic oxidation sites excluding steroid dienone is 1. The second-order valence-electron chi connectivity index (χ2n) is 9.19. The van der Waals surface area contributed by atoms with Gasteiger partial charge < -0.3 is 20.9 Å². The zero-order valence-electron chi connectivity index (χ0n) is 20.3. The molecule has 3 rings (SSSR count). The van der Waals surface area contributed by atoms with E-state index in [1.807, 2.05) is 6.08 Å². The van der Waals surface area contributed by atoms with Crippen LogP contribution in [-0.4, -0.2) is 18.0 Å². The van der Waals surface area contributed by atoms with Crippen LogP contribution >= 0.6 is 0 Å². The van der Waals surface area contributed by atoms with Crippen molar-refractivity contribution in [3.05, 3.63) is 77.9 Å². The van der Waals surface area contributed by atoms with Gasteiger partial charge in [0.25, 0.3) is 0 Å². The topological polar surface area (TPSA) is 105 Å². The molecule has 0 amide bonds. The molecule has 0 spiro atoms. The van der Waals surface area contributed by atoms with Crippen LogP contribution in [0.25, 0.3) is 6.08 Å². The highest BCUT2D eigenvalue weighted by Gasteiger charge is 2.24. The molecule has 1 aliphatic rings. The molecule has 0 aliphatic heterocycles. The number of rotatable bonds is 11. The molecule has 2 aromatic rings. The highest BCUT2D eigenvalue weighted by molar-refractivity contribution is 5.90. The van der Waals surface area contributed by atoms with Crippen LogP contribution in [0.15, 0.2) is 61.2 Å². The molecule has 2 aromatic carbocycles. The number of carbonyl (C=O) groups is 2. The first-order valence-corrected chi connectivity index (χ1v) is 12.3. The van der Waals surface area contributed by atoms with Crippen molar-refractivity contribution in [2.45, 2.75) is 64.1 Å². The van der Waals surface area contributed by atoms with Crippen LogP contribution in [0, 0.1) is 5.92 Å². The van der Waals surface area contributed by atoms with Gasteiger partial charge in [-0.3, -0.25) is 0 Å². The van der Waals surface area contributed by atoms with Crippen LogP contribution in [-0.2, 0) is 20.9 Å². The lowest BCUT2D eigenvalue weighted by molar-refractivity contribution is -0.138.